The highest BCUT2D eigenvalue weighted by Crippen LogP contribution is 2.32. The van der Waals surface area contributed by atoms with Gasteiger partial charge >= 0.3 is 0 Å². The van der Waals surface area contributed by atoms with Gasteiger partial charge in [-0.25, -0.2) is 0 Å². The summed E-state index contributed by atoms with van der Waals surface area (Å²) in [6.07, 6.45) is 2.69. The van der Waals surface area contributed by atoms with Crippen molar-refractivity contribution < 1.29 is 0 Å². The number of fused-ring (bicyclic) bond motifs is 1. The fraction of sp³-hybridized carbons (Fsp3) is 0.538. The van der Waals surface area contributed by atoms with E-state index in [2.05, 4.69) is 37.9 Å². The van der Waals surface area contributed by atoms with Gasteiger partial charge in [0, 0.05) is 30.1 Å². The fourth-order valence-electron chi connectivity index (χ4n) is 2.95. The molecule has 1 atom stereocenters. The predicted octanol–water partition coefficient (Wildman–Crippen LogP) is 3.39. The second kappa shape index (κ2) is 4.79. The van der Waals surface area contributed by atoms with E-state index in [1.165, 1.54) is 31.6 Å². The molecule has 0 amide bonds. The maximum atomic E-state index is 6.32. The molecule has 1 aromatic carbocycles. The molecular weight excluding hydrogens is 300 g/mol. The summed E-state index contributed by atoms with van der Waals surface area (Å²) in [6.45, 7) is 4.68. The molecule has 2 heterocycles. The van der Waals surface area contributed by atoms with Gasteiger partial charge in [0.05, 0.1) is 10.7 Å². The molecule has 0 radical (unpaired) electrons. The molecule has 0 aliphatic carbocycles. The Labute approximate surface area is 116 Å². The molecule has 2 aliphatic rings. The lowest BCUT2D eigenvalue weighted by Gasteiger charge is -2.39. The van der Waals surface area contributed by atoms with E-state index in [1.54, 1.807) is 0 Å². The minimum atomic E-state index is 0.739. The molecule has 92 valence electrons. The summed E-state index contributed by atoms with van der Waals surface area (Å²) in [7, 11) is 0. The molecule has 2 fully saturated rings. The first-order valence-corrected chi connectivity index (χ1v) is 7.35. The van der Waals surface area contributed by atoms with Gasteiger partial charge in [0.15, 0.2) is 0 Å². The summed E-state index contributed by atoms with van der Waals surface area (Å²) in [5.41, 5.74) is 1.18. The molecule has 3 rings (SSSR count). The van der Waals surface area contributed by atoms with Crippen molar-refractivity contribution in [1.82, 2.24) is 4.90 Å². The second-order valence-electron chi connectivity index (χ2n) is 4.87. The number of piperazine rings is 1. The molecule has 0 aromatic heterocycles. The number of rotatable bonds is 1. The number of hydrogen-bond acceptors (Lipinski definition) is 2. The van der Waals surface area contributed by atoms with E-state index in [9.17, 15) is 0 Å². The Balaban J connectivity index is 1.80. The van der Waals surface area contributed by atoms with E-state index in [1.807, 2.05) is 6.07 Å². The third-order valence-electron chi connectivity index (χ3n) is 3.84. The van der Waals surface area contributed by atoms with E-state index >= 15 is 0 Å². The monoisotopic (exact) mass is 314 g/mol. The molecule has 2 saturated heterocycles. The summed E-state index contributed by atoms with van der Waals surface area (Å²) < 4.78 is 1.05. The Hall–Kier alpha value is -0.250. The zero-order chi connectivity index (χ0) is 11.8. The Kier molecular flexibility index (Phi) is 3.33. The average Bonchev–Trinajstić information content (AvgIpc) is 2.75. The lowest BCUT2D eigenvalue weighted by atomic mass is 10.1. The Morgan fingerprint density at radius 1 is 1.24 bits per heavy atom. The molecule has 0 saturated carbocycles. The van der Waals surface area contributed by atoms with Gasteiger partial charge in [0.2, 0.25) is 0 Å². The van der Waals surface area contributed by atoms with Crippen LogP contribution in [0.2, 0.25) is 5.02 Å². The van der Waals surface area contributed by atoms with Crippen molar-refractivity contribution in [3.8, 4) is 0 Å². The number of halogens is 2. The zero-order valence-electron chi connectivity index (χ0n) is 9.70. The van der Waals surface area contributed by atoms with Crippen molar-refractivity contribution >= 4 is 33.2 Å². The van der Waals surface area contributed by atoms with Crippen molar-refractivity contribution in [3.05, 3.63) is 27.7 Å². The van der Waals surface area contributed by atoms with Crippen LogP contribution >= 0.6 is 27.5 Å². The van der Waals surface area contributed by atoms with Gasteiger partial charge in [-0.15, -0.1) is 0 Å². The smallest absolute Gasteiger partial charge is 0.0650 e. The number of benzene rings is 1. The summed E-state index contributed by atoms with van der Waals surface area (Å²) >= 11 is 9.77. The van der Waals surface area contributed by atoms with Crippen LogP contribution in [0.1, 0.15) is 12.8 Å². The first kappa shape index (κ1) is 11.8. The van der Waals surface area contributed by atoms with Gasteiger partial charge in [-0.1, -0.05) is 27.5 Å². The highest BCUT2D eigenvalue weighted by Gasteiger charge is 2.31. The maximum absolute atomic E-state index is 6.32. The molecule has 4 heteroatoms. The van der Waals surface area contributed by atoms with Crippen molar-refractivity contribution in [1.29, 1.82) is 0 Å². The van der Waals surface area contributed by atoms with Crippen LogP contribution < -0.4 is 4.90 Å². The highest BCUT2D eigenvalue weighted by atomic mass is 79.9. The molecule has 2 nitrogen and oxygen atoms in total. The Morgan fingerprint density at radius 2 is 2.12 bits per heavy atom. The first-order valence-electron chi connectivity index (χ1n) is 6.18. The Bertz CT molecular complexity index is 424. The summed E-state index contributed by atoms with van der Waals surface area (Å²) in [6, 6.07) is 6.92. The van der Waals surface area contributed by atoms with Gasteiger partial charge in [-0.05, 0) is 37.6 Å². The average molecular weight is 316 g/mol. The van der Waals surface area contributed by atoms with Crippen molar-refractivity contribution in [2.75, 3.05) is 31.1 Å². The number of nitrogens with zero attached hydrogens (tertiary/aromatic N) is 2. The molecular formula is C13H16BrClN2. The normalized spacial score (nSPS) is 25.1. The highest BCUT2D eigenvalue weighted by molar-refractivity contribution is 9.10. The van der Waals surface area contributed by atoms with Crippen molar-refractivity contribution in [2.45, 2.75) is 18.9 Å². The van der Waals surface area contributed by atoms with E-state index < -0.39 is 0 Å². The van der Waals surface area contributed by atoms with Crippen molar-refractivity contribution in [2.24, 2.45) is 0 Å². The van der Waals surface area contributed by atoms with E-state index in [0.717, 1.165) is 28.6 Å². The largest absolute Gasteiger partial charge is 0.367 e. The third-order valence-corrected chi connectivity index (χ3v) is 4.63. The van der Waals surface area contributed by atoms with Crippen LogP contribution in [0.5, 0.6) is 0 Å². The minimum Gasteiger partial charge on any atom is -0.367 e. The molecule has 0 N–H and O–H groups in total. The Morgan fingerprint density at radius 3 is 2.94 bits per heavy atom. The molecule has 17 heavy (non-hydrogen) atoms. The predicted molar refractivity (Wildman–Crippen MR) is 76.0 cm³/mol. The summed E-state index contributed by atoms with van der Waals surface area (Å²) in [5, 5.41) is 0.853. The van der Waals surface area contributed by atoms with Crippen LogP contribution in [-0.4, -0.2) is 37.1 Å². The standard InChI is InChI=1S/C13H16BrClN2/c14-10-3-4-13(12(15)8-10)17-7-6-16-5-1-2-11(16)9-17/h3-4,8,11H,1-2,5-7,9H2. The van der Waals surface area contributed by atoms with Crippen LogP contribution in [0.4, 0.5) is 5.69 Å². The first-order chi connectivity index (χ1) is 8.24. The zero-order valence-corrected chi connectivity index (χ0v) is 12.0. The quantitative estimate of drug-likeness (QED) is 0.784. The fourth-order valence-corrected chi connectivity index (χ4v) is 3.74. The van der Waals surface area contributed by atoms with Gasteiger partial charge in [-0.2, -0.15) is 0 Å². The minimum absolute atomic E-state index is 0.739. The van der Waals surface area contributed by atoms with Crippen LogP contribution in [0.15, 0.2) is 22.7 Å². The van der Waals surface area contributed by atoms with E-state index in [-0.39, 0.29) is 0 Å². The van der Waals surface area contributed by atoms with Gasteiger partial charge < -0.3 is 4.90 Å². The summed E-state index contributed by atoms with van der Waals surface area (Å²) in [4.78, 5) is 5.05. The number of hydrogen-bond donors (Lipinski definition) is 0. The van der Waals surface area contributed by atoms with E-state index in [0.29, 0.717) is 0 Å². The topological polar surface area (TPSA) is 6.48 Å². The van der Waals surface area contributed by atoms with Gasteiger partial charge in [0.1, 0.15) is 0 Å². The van der Waals surface area contributed by atoms with Gasteiger partial charge in [-0.3, -0.25) is 4.90 Å². The van der Waals surface area contributed by atoms with Crippen LogP contribution in [0.3, 0.4) is 0 Å². The van der Waals surface area contributed by atoms with Crippen LogP contribution in [-0.2, 0) is 0 Å². The van der Waals surface area contributed by atoms with Crippen LogP contribution in [0, 0.1) is 0 Å². The SMILES string of the molecule is Clc1cc(Br)ccc1N1CCN2CCCC2C1. The second-order valence-corrected chi connectivity index (χ2v) is 6.20. The summed E-state index contributed by atoms with van der Waals surface area (Å²) in [5.74, 6) is 0. The molecule has 1 unspecified atom stereocenters. The van der Waals surface area contributed by atoms with Crippen molar-refractivity contribution in [3.63, 3.8) is 0 Å². The molecule has 0 bridgehead atoms. The lowest BCUT2D eigenvalue weighted by molar-refractivity contribution is 0.231. The van der Waals surface area contributed by atoms with E-state index in [4.69, 9.17) is 11.6 Å². The third kappa shape index (κ3) is 2.33. The molecule has 1 aromatic rings. The van der Waals surface area contributed by atoms with Gasteiger partial charge in [0.25, 0.3) is 0 Å². The lowest BCUT2D eigenvalue weighted by Crippen LogP contribution is -2.50. The molecule has 0 spiro atoms. The maximum Gasteiger partial charge on any atom is 0.0650 e. The molecule has 2 aliphatic heterocycles. The van der Waals surface area contributed by atoms with Crippen LogP contribution in [0.25, 0.3) is 0 Å². The number of anilines is 1.